The first-order chi connectivity index (χ1) is 9.25. The van der Waals surface area contributed by atoms with E-state index in [2.05, 4.69) is 13.8 Å². The average Bonchev–Trinajstić information content (AvgIpc) is 2.29. The highest BCUT2D eigenvalue weighted by atomic mass is 35.6. The lowest BCUT2D eigenvalue weighted by molar-refractivity contribution is -0.141. The zero-order chi connectivity index (χ0) is 16.0. The van der Waals surface area contributed by atoms with Crippen LogP contribution in [0.5, 0.6) is 5.75 Å². The quantitative estimate of drug-likeness (QED) is 0.622. The molecule has 6 heteroatoms. The van der Waals surface area contributed by atoms with Crippen molar-refractivity contribution in [1.82, 2.24) is 0 Å². The molecule has 0 aliphatic heterocycles. The van der Waals surface area contributed by atoms with Crippen molar-refractivity contribution in [3.8, 4) is 5.75 Å². The Morgan fingerprint density at radius 2 is 1.65 bits per heavy atom. The maximum absolute atomic E-state index is 10.2. The molecule has 0 saturated heterocycles. The minimum atomic E-state index is -0.750. The van der Waals surface area contributed by atoms with Gasteiger partial charge in [-0.2, -0.15) is 0 Å². The molecule has 116 valence electrons. The molecular formula is C14H21Cl3O3. The first kappa shape index (κ1) is 21.7. The molecule has 1 aromatic rings. The Hall–Kier alpha value is -0.640. The Kier molecular flexibility index (Phi) is 16.0. The standard InChI is InChI=1S/C7H14O2.C6H6O.CHCl3/c1-6(2)4-5-9-7(3)8;7-6-4-2-1-3-5-6;2-1(3)4/h6H,4-5H2,1-3H3;1-5,7H;1H. The number of para-hydroxylation sites is 1. The molecular weight excluding hydrogens is 323 g/mol. The van der Waals surface area contributed by atoms with E-state index in [-0.39, 0.29) is 5.97 Å². The van der Waals surface area contributed by atoms with E-state index in [4.69, 9.17) is 44.6 Å². The number of phenols is 1. The second-order valence-electron chi connectivity index (χ2n) is 4.11. The SMILES string of the molecule is CC(=O)OCCC(C)C.ClC(Cl)Cl.Oc1ccccc1. The summed E-state index contributed by atoms with van der Waals surface area (Å²) >= 11 is 14.4. The number of rotatable bonds is 3. The van der Waals surface area contributed by atoms with Crippen LogP contribution in [-0.2, 0) is 9.53 Å². The molecule has 0 spiro atoms. The van der Waals surface area contributed by atoms with Gasteiger partial charge in [0.2, 0.25) is 0 Å². The van der Waals surface area contributed by atoms with Gasteiger partial charge in [0.25, 0.3) is 0 Å². The van der Waals surface area contributed by atoms with Crippen LogP contribution in [0, 0.1) is 5.92 Å². The fourth-order valence-corrected chi connectivity index (χ4v) is 0.866. The largest absolute Gasteiger partial charge is 0.508 e. The van der Waals surface area contributed by atoms with Crippen molar-refractivity contribution < 1.29 is 14.6 Å². The predicted octanol–water partition coefficient (Wildman–Crippen LogP) is 4.97. The lowest BCUT2D eigenvalue weighted by Gasteiger charge is -2.02. The summed E-state index contributed by atoms with van der Waals surface area (Å²) in [5.41, 5.74) is 0. The van der Waals surface area contributed by atoms with Crippen LogP contribution in [0.4, 0.5) is 0 Å². The Morgan fingerprint density at radius 3 is 1.90 bits per heavy atom. The van der Waals surface area contributed by atoms with E-state index in [0.29, 0.717) is 18.3 Å². The number of benzene rings is 1. The summed E-state index contributed by atoms with van der Waals surface area (Å²) in [4.78, 5) is 10.2. The number of carbonyl (C=O) groups is 1. The number of hydrogen-bond acceptors (Lipinski definition) is 3. The fraction of sp³-hybridized carbons (Fsp3) is 0.500. The molecule has 1 aromatic carbocycles. The highest BCUT2D eigenvalue weighted by molar-refractivity contribution is 6.63. The first-order valence-electron chi connectivity index (χ1n) is 6.05. The Balaban J connectivity index is 0. The summed E-state index contributed by atoms with van der Waals surface area (Å²) in [5, 5.41) is 8.63. The third-order valence-corrected chi connectivity index (χ3v) is 1.76. The van der Waals surface area contributed by atoms with Crippen molar-refractivity contribution in [1.29, 1.82) is 0 Å². The maximum Gasteiger partial charge on any atom is 0.302 e. The fourth-order valence-electron chi connectivity index (χ4n) is 0.866. The normalized spacial score (nSPS) is 9.20. The van der Waals surface area contributed by atoms with Crippen LogP contribution in [0.2, 0.25) is 0 Å². The zero-order valence-electron chi connectivity index (χ0n) is 11.9. The molecule has 1 N–H and O–H groups in total. The molecule has 20 heavy (non-hydrogen) atoms. The molecule has 0 fully saturated rings. The van der Waals surface area contributed by atoms with Crippen molar-refractivity contribution >= 4 is 40.8 Å². The molecule has 0 aliphatic rings. The Morgan fingerprint density at radius 1 is 1.20 bits per heavy atom. The van der Waals surface area contributed by atoms with E-state index in [0.717, 1.165) is 6.42 Å². The lowest BCUT2D eigenvalue weighted by Crippen LogP contribution is -2.02. The molecule has 0 amide bonds. The van der Waals surface area contributed by atoms with Gasteiger partial charge < -0.3 is 9.84 Å². The van der Waals surface area contributed by atoms with Crippen LogP contribution >= 0.6 is 34.8 Å². The van der Waals surface area contributed by atoms with E-state index in [1.165, 1.54) is 6.92 Å². The minimum absolute atomic E-state index is 0.185. The average molecular weight is 344 g/mol. The van der Waals surface area contributed by atoms with Crippen molar-refractivity contribution in [2.45, 2.75) is 31.5 Å². The molecule has 0 unspecified atom stereocenters. The van der Waals surface area contributed by atoms with Crippen molar-refractivity contribution in [2.75, 3.05) is 6.61 Å². The number of carbonyl (C=O) groups excluding carboxylic acids is 1. The highest BCUT2D eigenvalue weighted by Crippen LogP contribution is 2.04. The molecule has 0 atom stereocenters. The smallest absolute Gasteiger partial charge is 0.302 e. The number of hydrogen-bond donors (Lipinski definition) is 1. The number of aromatic hydroxyl groups is 1. The Bertz CT molecular complexity index is 327. The van der Waals surface area contributed by atoms with Crippen molar-refractivity contribution in [3.05, 3.63) is 30.3 Å². The van der Waals surface area contributed by atoms with Gasteiger partial charge in [-0.05, 0) is 24.5 Å². The molecule has 0 heterocycles. The van der Waals surface area contributed by atoms with Gasteiger partial charge in [-0.1, -0.05) is 66.8 Å². The predicted molar refractivity (Wildman–Crippen MR) is 85.5 cm³/mol. The zero-order valence-corrected chi connectivity index (χ0v) is 14.1. The van der Waals surface area contributed by atoms with Gasteiger partial charge in [-0.15, -0.1) is 0 Å². The lowest BCUT2D eigenvalue weighted by atomic mass is 10.1. The van der Waals surface area contributed by atoms with Crippen LogP contribution in [0.25, 0.3) is 0 Å². The van der Waals surface area contributed by atoms with Crippen molar-refractivity contribution in [2.24, 2.45) is 5.92 Å². The van der Waals surface area contributed by atoms with Gasteiger partial charge in [-0.3, -0.25) is 4.79 Å². The summed E-state index contributed by atoms with van der Waals surface area (Å²) in [6.07, 6.45) is 0.958. The molecule has 0 aromatic heterocycles. The first-order valence-corrected chi connectivity index (χ1v) is 7.36. The van der Waals surface area contributed by atoms with E-state index in [9.17, 15) is 4.79 Å². The van der Waals surface area contributed by atoms with Gasteiger partial charge in [0, 0.05) is 6.92 Å². The van der Waals surface area contributed by atoms with Gasteiger partial charge in [0.05, 0.1) is 6.61 Å². The second-order valence-corrected chi connectivity index (χ2v) is 6.09. The summed E-state index contributed by atoms with van der Waals surface area (Å²) in [7, 11) is 0. The van der Waals surface area contributed by atoms with E-state index in [1.54, 1.807) is 24.3 Å². The van der Waals surface area contributed by atoms with Gasteiger partial charge in [-0.25, -0.2) is 0 Å². The van der Waals surface area contributed by atoms with E-state index >= 15 is 0 Å². The molecule has 1 rings (SSSR count). The minimum Gasteiger partial charge on any atom is -0.508 e. The van der Waals surface area contributed by atoms with Crippen LogP contribution < -0.4 is 0 Å². The third-order valence-electron chi connectivity index (χ3n) is 1.76. The van der Waals surface area contributed by atoms with E-state index < -0.39 is 4.30 Å². The summed E-state index contributed by atoms with van der Waals surface area (Å²) < 4.78 is 3.96. The number of phenolic OH excluding ortho intramolecular Hbond substituents is 1. The van der Waals surface area contributed by atoms with E-state index in [1.807, 2.05) is 6.07 Å². The number of alkyl halides is 3. The van der Waals surface area contributed by atoms with Gasteiger partial charge in [0.15, 0.2) is 4.30 Å². The van der Waals surface area contributed by atoms with Gasteiger partial charge in [0.1, 0.15) is 5.75 Å². The third kappa shape index (κ3) is 26.0. The topological polar surface area (TPSA) is 46.5 Å². The number of halogens is 3. The van der Waals surface area contributed by atoms with Crippen LogP contribution in [0.3, 0.4) is 0 Å². The molecule has 0 aliphatic carbocycles. The van der Waals surface area contributed by atoms with Crippen LogP contribution in [-0.4, -0.2) is 22.0 Å². The van der Waals surface area contributed by atoms with Crippen molar-refractivity contribution in [3.63, 3.8) is 0 Å². The summed E-state index contributed by atoms with van der Waals surface area (Å²) in [6, 6.07) is 8.71. The monoisotopic (exact) mass is 342 g/mol. The maximum atomic E-state index is 10.2. The molecule has 0 saturated carbocycles. The van der Waals surface area contributed by atoms with Gasteiger partial charge >= 0.3 is 5.97 Å². The molecule has 0 bridgehead atoms. The summed E-state index contributed by atoms with van der Waals surface area (Å²) in [6.45, 7) is 6.19. The highest BCUT2D eigenvalue weighted by Gasteiger charge is 1.94. The summed E-state index contributed by atoms with van der Waals surface area (Å²) in [5.74, 6) is 0.752. The van der Waals surface area contributed by atoms with Crippen LogP contribution in [0.15, 0.2) is 30.3 Å². The van der Waals surface area contributed by atoms with Crippen LogP contribution in [0.1, 0.15) is 27.2 Å². The second kappa shape index (κ2) is 14.8. The Labute approximate surface area is 135 Å². The number of esters is 1. The number of ether oxygens (including phenoxy) is 1. The molecule has 0 radical (unpaired) electrons. The molecule has 3 nitrogen and oxygen atoms in total.